The quantitative estimate of drug-likeness (QED) is 0.809. The molecular formula is C11H21N3OS. The van der Waals surface area contributed by atoms with Gasteiger partial charge in [0, 0.05) is 25.9 Å². The summed E-state index contributed by atoms with van der Waals surface area (Å²) < 4.78 is 0. The van der Waals surface area contributed by atoms with E-state index in [9.17, 15) is 4.79 Å². The summed E-state index contributed by atoms with van der Waals surface area (Å²) in [5.74, 6) is 1.16. The third kappa shape index (κ3) is 4.04. The molecule has 0 bridgehead atoms. The first-order valence-electron chi connectivity index (χ1n) is 5.60. The maximum Gasteiger partial charge on any atom is 0.241 e. The van der Waals surface area contributed by atoms with E-state index < -0.39 is 0 Å². The van der Waals surface area contributed by atoms with Crippen LogP contribution in [0.1, 0.15) is 20.8 Å². The van der Waals surface area contributed by atoms with Crippen molar-refractivity contribution >= 4 is 22.8 Å². The number of thioether (sulfide) groups is 1. The van der Waals surface area contributed by atoms with E-state index in [1.54, 1.807) is 16.7 Å². The minimum Gasteiger partial charge on any atom is -0.356 e. The second kappa shape index (κ2) is 5.57. The molecule has 0 fully saturated rings. The van der Waals surface area contributed by atoms with E-state index in [-0.39, 0.29) is 11.3 Å². The van der Waals surface area contributed by atoms with Gasteiger partial charge in [-0.3, -0.25) is 9.79 Å². The van der Waals surface area contributed by atoms with Gasteiger partial charge in [-0.2, -0.15) is 0 Å². The topological polar surface area (TPSA) is 44.7 Å². The van der Waals surface area contributed by atoms with Crippen LogP contribution in [0.4, 0.5) is 0 Å². The molecule has 0 aromatic heterocycles. The lowest BCUT2D eigenvalue weighted by atomic mass is 9.97. The largest absolute Gasteiger partial charge is 0.356 e. The predicted octanol–water partition coefficient (Wildman–Crippen LogP) is 1.18. The minimum atomic E-state index is 0.107. The van der Waals surface area contributed by atoms with Crippen LogP contribution < -0.4 is 5.32 Å². The van der Waals surface area contributed by atoms with Gasteiger partial charge in [0.2, 0.25) is 5.91 Å². The molecule has 16 heavy (non-hydrogen) atoms. The van der Waals surface area contributed by atoms with Crippen LogP contribution in [0.5, 0.6) is 0 Å². The van der Waals surface area contributed by atoms with E-state index in [4.69, 9.17) is 0 Å². The van der Waals surface area contributed by atoms with Crippen molar-refractivity contribution in [2.24, 2.45) is 10.4 Å². The molecule has 1 aliphatic rings. The van der Waals surface area contributed by atoms with Gasteiger partial charge in [-0.1, -0.05) is 25.6 Å². The highest BCUT2D eigenvalue weighted by Crippen LogP contribution is 2.26. The number of hydrogen-bond acceptors (Lipinski definition) is 4. The molecule has 0 radical (unpaired) electrons. The van der Waals surface area contributed by atoms with Crippen LogP contribution in [0.15, 0.2) is 4.99 Å². The molecule has 0 atom stereocenters. The van der Waals surface area contributed by atoms with Crippen LogP contribution >= 0.6 is 11.8 Å². The van der Waals surface area contributed by atoms with E-state index >= 15 is 0 Å². The average Bonchev–Trinajstić information content (AvgIpc) is 2.26. The summed E-state index contributed by atoms with van der Waals surface area (Å²) in [6.45, 7) is 8.30. The van der Waals surface area contributed by atoms with Gasteiger partial charge < -0.3 is 10.2 Å². The Balaban J connectivity index is 2.35. The third-order valence-corrected chi connectivity index (χ3v) is 4.01. The lowest BCUT2D eigenvalue weighted by Crippen LogP contribution is -2.39. The van der Waals surface area contributed by atoms with Gasteiger partial charge in [0.05, 0.1) is 6.54 Å². The van der Waals surface area contributed by atoms with Crippen molar-refractivity contribution in [3.05, 3.63) is 0 Å². The van der Waals surface area contributed by atoms with Crippen molar-refractivity contribution in [2.75, 3.05) is 32.4 Å². The fraction of sp³-hybridized carbons (Fsp3) is 0.818. The Morgan fingerprint density at radius 3 is 2.81 bits per heavy atom. The van der Waals surface area contributed by atoms with Crippen molar-refractivity contribution in [3.8, 4) is 0 Å². The van der Waals surface area contributed by atoms with Crippen LogP contribution in [0.2, 0.25) is 0 Å². The Hall–Kier alpha value is -0.710. The number of nitrogens with zero attached hydrogens (tertiary/aromatic N) is 2. The van der Waals surface area contributed by atoms with Crippen LogP contribution in [-0.4, -0.2) is 48.4 Å². The Kier molecular flexibility index (Phi) is 4.65. The molecule has 1 N–H and O–H groups in total. The van der Waals surface area contributed by atoms with Crippen molar-refractivity contribution in [1.29, 1.82) is 0 Å². The number of carbonyl (C=O) groups excluding carboxylic acids is 1. The van der Waals surface area contributed by atoms with Crippen LogP contribution in [0, 0.1) is 5.41 Å². The predicted molar refractivity (Wildman–Crippen MR) is 69.9 cm³/mol. The molecule has 0 unspecified atom stereocenters. The highest BCUT2D eigenvalue weighted by atomic mass is 32.2. The van der Waals surface area contributed by atoms with Crippen LogP contribution in [-0.2, 0) is 4.79 Å². The number of amides is 1. The van der Waals surface area contributed by atoms with Crippen molar-refractivity contribution < 1.29 is 4.79 Å². The molecule has 5 heteroatoms. The lowest BCUT2D eigenvalue weighted by molar-refractivity contribution is -0.128. The van der Waals surface area contributed by atoms with Gasteiger partial charge in [0.25, 0.3) is 0 Å². The zero-order chi connectivity index (χ0) is 12.2. The maximum atomic E-state index is 11.5. The summed E-state index contributed by atoms with van der Waals surface area (Å²) in [4.78, 5) is 17.7. The molecule has 1 rings (SSSR count). The fourth-order valence-electron chi connectivity index (χ4n) is 1.21. The summed E-state index contributed by atoms with van der Waals surface area (Å²) in [5.41, 5.74) is 0.278. The van der Waals surface area contributed by atoms with E-state index in [1.165, 1.54) is 0 Å². The molecule has 0 aliphatic carbocycles. The molecule has 92 valence electrons. The summed E-state index contributed by atoms with van der Waals surface area (Å²) in [7, 11) is 1.81. The average molecular weight is 243 g/mol. The van der Waals surface area contributed by atoms with E-state index in [0.29, 0.717) is 6.54 Å². The normalized spacial score (nSPS) is 18.9. The van der Waals surface area contributed by atoms with Gasteiger partial charge in [-0.15, -0.1) is 0 Å². The molecule has 0 spiro atoms. The number of amidine groups is 1. The van der Waals surface area contributed by atoms with Crippen LogP contribution in [0.3, 0.4) is 0 Å². The number of rotatable bonds is 3. The summed E-state index contributed by atoms with van der Waals surface area (Å²) in [5, 5.41) is 4.00. The second-order valence-corrected chi connectivity index (χ2v) is 5.80. The van der Waals surface area contributed by atoms with Crippen molar-refractivity contribution in [3.63, 3.8) is 0 Å². The lowest BCUT2D eigenvalue weighted by Gasteiger charge is -2.27. The minimum absolute atomic E-state index is 0.107. The van der Waals surface area contributed by atoms with Gasteiger partial charge in [-0.05, 0) is 12.3 Å². The van der Waals surface area contributed by atoms with E-state index in [2.05, 4.69) is 24.2 Å². The standard InChI is InChI=1S/C11H21N3OS/c1-5-14(4)9(15)6-12-10-13-7-11(2,3)8-16-10/h5-8H2,1-4H3,(H,12,13). The maximum absolute atomic E-state index is 11.5. The number of carbonyl (C=O) groups is 1. The highest BCUT2D eigenvalue weighted by molar-refractivity contribution is 8.13. The Morgan fingerprint density at radius 2 is 2.31 bits per heavy atom. The smallest absolute Gasteiger partial charge is 0.241 e. The van der Waals surface area contributed by atoms with Crippen molar-refractivity contribution in [1.82, 2.24) is 10.2 Å². The summed E-state index contributed by atoms with van der Waals surface area (Å²) >= 11 is 1.70. The molecular weight excluding hydrogens is 222 g/mol. The molecule has 1 amide bonds. The first-order chi connectivity index (χ1) is 7.44. The van der Waals surface area contributed by atoms with Gasteiger partial charge in [-0.25, -0.2) is 0 Å². The molecule has 1 aliphatic heterocycles. The molecule has 1 heterocycles. The molecule has 0 saturated carbocycles. The SMILES string of the molecule is CCN(C)C(=O)CNC1=NCC(C)(C)CS1. The van der Waals surface area contributed by atoms with Gasteiger partial charge >= 0.3 is 0 Å². The monoisotopic (exact) mass is 243 g/mol. The zero-order valence-corrected chi connectivity index (χ0v) is 11.4. The zero-order valence-electron chi connectivity index (χ0n) is 10.5. The Bertz CT molecular complexity index is 289. The number of nitrogens with one attached hydrogen (secondary N) is 1. The molecule has 0 aromatic rings. The number of hydrogen-bond donors (Lipinski definition) is 1. The van der Waals surface area contributed by atoms with Crippen LogP contribution in [0.25, 0.3) is 0 Å². The van der Waals surface area contributed by atoms with Gasteiger partial charge in [0.15, 0.2) is 5.17 Å². The molecule has 0 aromatic carbocycles. The summed E-state index contributed by atoms with van der Waals surface area (Å²) in [6, 6.07) is 0. The number of likely N-dealkylation sites (N-methyl/N-ethyl adjacent to an activating group) is 1. The van der Waals surface area contributed by atoms with Gasteiger partial charge in [0.1, 0.15) is 0 Å². The first-order valence-corrected chi connectivity index (χ1v) is 6.58. The van der Waals surface area contributed by atoms with E-state index in [1.807, 2.05) is 14.0 Å². The first kappa shape index (κ1) is 13.4. The highest BCUT2D eigenvalue weighted by Gasteiger charge is 2.23. The van der Waals surface area contributed by atoms with E-state index in [0.717, 1.165) is 24.0 Å². The fourth-order valence-corrected chi connectivity index (χ4v) is 2.16. The Morgan fingerprint density at radius 1 is 1.62 bits per heavy atom. The Labute approximate surface area is 102 Å². The second-order valence-electron chi connectivity index (χ2n) is 4.84. The van der Waals surface area contributed by atoms with Crippen molar-refractivity contribution in [2.45, 2.75) is 20.8 Å². The summed E-state index contributed by atoms with van der Waals surface area (Å²) in [6.07, 6.45) is 0. The molecule has 4 nitrogen and oxygen atoms in total. The third-order valence-electron chi connectivity index (χ3n) is 2.54. The molecule has 0 saturated heterocycles. The number of aliphatic imine (C=N–C) groups is 1.